The zero-order valence-corrected chi connectivity index (χ0v) is 26.6. The second kappa shape index (κ2) is 12.8. The van der Waals surface area contributed by atoms with Crippen molar-refractivity contribution in [3.63, 3.8) is 0 Å². The number of hydrogen-bond donors (Lipinski definition) is 0. The van der Waals surface area contributed by atoms with Crippen molar-refractivity contribution in [3.05, 3.63) is 142 Å². The summed E-state index contributed by atoms with van der Waals surface area (Å²) in [6.07, 6.45) is 7.16. The minimum atomic E-state index is -3.73. The van der Waals surface area contributed by atoms with Gasteiger partial charge in [-0.05, 0) is 73.4 Å². The molecule has 0 saturated heterocycles. The van der Waals surface area contributed by atoms with Crippen LogP contribution in [0, 0.1) is 26.6 Å². The molecule has 5 aromatic rings. The van der Waals surface area contributed by atoms with Gasteiger partial charge in [0.25, 0.3) is 10.0 Å². The van der Waals surface area contributed by atoms with Crippen molar-refractivity contribution in [2.45, 2.75) is 64.4 Å². The third-order valence-corrected chi connectivity index (χ3v) is 9.72. The molecule has 0 aliphatic heterocycles. The summed E-state index contributed by atoms with van der Waals surface area (Å²) in [6.45, 7) is 12.0. The lowest BCUT2D eigenvalue weighted by Crippen LogP contribution is -2.29. The summed E-state index contributed by atoms with van der Waals surface area (Å²) in [4.78, 5) is 16.5. The lowest BCUT2D eigenvalue weighted by Gasteiger charge is -2.30. The standard InChI is InChI=1S/C35H38FN5O2S/c1-25-8-14-31(15-9-25)44(42,43)41-21-30(39-24-41)16-18-40(22-33-27(3)19-26(2)20-38-33)23-34-32(7-6-17-37-34)35(4,5)28-10-12-29(36)13-11-28/h6-15,17,19-21,24H,16,18,22-23H2,1-5H3. The Kier molecular flexibility index (Phi) is 9.08. The maximum atomic E-state index is 13.7. The number of benzene rings is 2. The molecule has 0 spiro atoms. The van der Waals surface area contributed by atoms with E-state index >= 15 is 0 Å². The molecule has 0 saturated carbocycles. The van der Waals surface area contributed by atoms with E-state index in [1.807, 2.05) is 38.2 Å². The molecule has 0 fully saturated rings. The largest absolute Gasteiger partial charge is 0.291 e. The maximum Gasteiger partial charge on any atom is 0.268 e. The molecule has 0 unspecified atom stereocenters. The van der Waals surface area contributed by atoms with Crippen LogP contribution < -0.4 is 0 Å². The third-order valence-electron chi connectivity index (χ3n) is 8.09. The second-order valence-corrected chi connectivity index (χ2v) is 13.7. The summed E-state index contributed by atoms with van der Waals surface area (Å²) in [7, 11) is -3.73. The van der Waals surface area contributed by atoms with Crippen LogP contribution in [-0.4, -0.2) is 38.8 Å². The molecule has 0 atom stereocenters. The van der Waals surface area contributed by atoms with Crippen molar-refractivity contribution in [2.24, 2.45) is 0 Å². The van der Waals surface area contributed by atoms with E-state index in [0.29, 0.717) is 31.7 Å². The molecule has 0 radical (unpaired) electrons. The Morgan fingerprint density at radius 1 is 0.864 bits per heavy atom. The quantitative estimate of drug-likeness (QED) is 0.169. The van der Waals surface area contributed by atoms with Crippen molar-refractivity contribution >= 4 is 10.0 Å². The van der Waals surface area contributed by atoms with Crippen LogP contribution in [0.5, 0.6) is 0 Å². The molecule has 0 bridgehead atoms. The molecule has 0 aliphatic rings. The summed E-state index contributed by atoms with van der Waals surface area (Å²) < 4.78 is 41.3. The topological polar surface area (TPSA) is 81.0 Å². The maximum absolute atomic E-state index is 13.7. The van der Waals surface area contributed by atoms with E-state index in [1.165, 1.54) is 22.4 Å². The van der Waals surface area contributed by atoms with Crippen LogP contribution in [0.2, 0.25) is 0 Å². The lowest BCUT2D eigenvalue weighted by molar-refractivity contribution is 0.251. The van der Waals surface area contributed by atoms with E-state index in [0.717, 1.165) is 39.2 Å². The molecule has 7 nitrogen and oxygen atoms in total. The normalized spacial score (nSPS) is 12.2. The predicted molar refractivity (Wildman–Crippen MR) is 170 cm³/mol. The number of halogens is 1. The molecule has 3 heterocycles. The Morgan fingerprint density at radius 2 is 1.57 bits per heavy atom. The molecule has 5 rings (SSSR count). The van der Waals surface area contributed by atoms with Gasteiger partial charge >= 0.3 is 0 Å². The van der Waals surface area contributed by atoms with Crippen molar-refractivity contribution in [2.75, 3.05) is 6.54 Å². The smallest absolute Gasteiger partial charge is 0.268 e. The van der Waals surface area contributed by atoms with Crippen LogP contribution in [0.4, 0.5) is 4.39 Å². The number of aromatic nitrogens is 4. The Hall–Kier alpha value is -4.21. The van der Waals surface area contributed by atoms with E-state index in [-0.39, 0.29) is 10.7 Å². The minimum Gasteiger partial charge on any atom is -0.291 e. The Balaban J connectivity index is 1.41. The first-order valence-corrected chi connectivity index (χ1v) is 16.1. The SMILES string of the molecule is Cc1ccc(S(=O)(=O)n2cnc(CCN(Cc3ncc(C)cc3C)Cc3ncccc3C(C)(C)c3ccc(F)cc3)c2)cc1. The van der Waals surface area contributed by atoms with Gasteiger partial charge in [-0.3, -0.25) is 14.9 Å². The summed E-state index contributed by atoms with van der Waals surface area (Å²) in [5, 5.41) is 0. The number of nitrogens with zero attached hydrogens (tertiary/aromatic N) is 5. The van der Waals surface area contributed by atoms with Gasteiger partial charge < -0.3 is 0 Å². The number of aryl methyl sites for hydroxylation is 3. The van der Waals surface area contributed by atoms with Gasteiger partial charge in [-0.2, -0.15) is 0 Å². The summed E-state index contributed by atoms with van der Waals surface area (Å²) in [5.41, 5.74) is 7.40. The number of pyridine rings is 2. The van der Waals surface area contributed by atoms with Crippen LogP contribution in [0.3, 0.4) is 0 Å². The van der Waals surface area contributed by atoms with Crippen molar-refractivity contribution in [1.29, 1.82) is 0 Å². The van der Waals surface area contributed by atoms with Gasteiger partial charge in [0.15, 0.2) is 0 Å². The highest BCUT2D eigenvalue weighted by atomic mass is 32.2. The fourth-order valence-electron chi connectivity index (χ4n) is 5.41. The van der Waals surface area contributed by atoms with Gasteiger partial charge in [0.2, 0.25) is 0 Å². The fraction of sp³-hybridized carbons (Fsp3) is 0.286. The van der Waals surface area contributed by atoms with Gasteiger partial charge in [-0.15, -0.1) is 0 Å². The van der Waals surface area contributed by atoms with E-state index in [2.05, 4.69) is 42.8 Å². The average Bonchev–Trinajstić information content (AvgIpc) is 3.48. The zero-order chi connectivity index (χ0) is 31.5. The molecule has 0 amide bonds. The van der Waals surface area contributed by atoms with E-state index in [1.54, 1.807) is 36.7 Å². The summed E-state index contributed by atoms with van der Waals surface area (Å²) in [5.74, 6) is -0.266. The highest BCUT2D eigenvalue weighted by Gasteiger charge is 2.27. The van der Waals surface area contributed by atoms with Gasteiger partial charge in [0, 0.05) is 50.1 Å². The van der Waals surface area contributed by atoms with Gasteiger partial charge in [-0.1, -0.05) is 55.8 Å². The van der Waals surface area contributed by atoms with E-state index in [4.69, 9.17) is 9.97 Å². The van der Waals surface area contributed by atoms with E-state index in [9.17, 15) is 12.8 Å². The Morgan fingerprint density at radius 3 is 2.27 bits per heavy atom. The molecule has 0 N–H and O–H groups in total. The summed E-state index contributed by atoms with van der Waals surface area (Å²) in [6, 6.07) is 19.6. The van der Waals surface area contributed by atoms with Crippen LogP contribution in [0.25, 0.3) is 0 Å². The molecule has 0 aliphatic carbocycles. The highest BCUT2D eigenvalue weighted by molar-refractivity contribution is 7.90. The Labute approximate surface area is 259 Å². The number of hydrogen-bond acceptors (Lipinski definition) is 6. The molecule has 2 aromatic carbocycles. The van der Waals surface area contributed by atoms with Crippen molar-refractivity contribution < 1.29 is 12.8 Å². The average molecular weight is 612 g/mol. The molecular weight excluding hydrogens is 573 g/mol. The van der Waals surface area contributed by atoms with Gasteiger partial charge in [0.1, 0.15) is 12.1 Å². The van der Waals surface area contributed by atoms with Crippen LogP contribution >= 0.6 is 0 Å². The second-order valence-electron chi connectivity index (χ2n) is 11.9. The molecule has 9 heteroatoms. The molecule has 44 heavy (non-hydrogen) atoms. The van der Waals surface area contributed by atoms with Gasteiger partial charge in [0.05, 0.1) is 22.0 Å². The Bertz CT molecular complexity index is 1850. The minimum absolute atomic E-state index is 0.223. The fourth-order valence-corrected chi connectivity index (χ4v) is 6.57. The number of imidazole rings is 1. The van der Waals surface area contributed by atoms with Crippen LogP contribution in [0.15, 0.2) is 96.5 Å². The lowest BCUT2D eigenvalue weighted by atomic mass is 9.77. The van der Waals surface area contributed by atoms with Crippen molar-refractivity contribution in [3.8, 4) is 0 Å². The van der Waals surface area contributed by atoms with Gasteiger partial charge in [-0.25, -0.2) is 21.8 Å². The highest BCUT2D eigenvalue weighted by Crippen LogP contribution is 2.33. The van der Waals surface area contributed by atoms with Crippen LogP contribution in [-0.2, 0) is 34.9 Å². The first kappa shape index (κ1) is 31.2. The first-order chi connectivity index (χ1) is 20.9. The van der Waals surface area contributed by atoms with Crippen molar-refractivity contribution in [1.82, 2.24) is 23.8 Å². The monoisotopic (exact) mass is 611 g/mol. The molecule has 3 aromatic heterocycles. The zero-order valence-electron chi connectivity index (χ0n) is 25.8. The number of rotatable bonds is 11. The molecular formula is C35H38FN5O2S. The third kappa shape index (κ3) is 6.95. The van der Waals surface area contributed by atoms with Crippen LogP contribution in [0.1, 0.15) is 58.7 Å². The molecule has 228 valence electrons. The van der Waals surface area contributed by atoms with E-state index < -0.39 is 15.4 Å². The predicted octanol–water partition coefficient (Wildman–Crippen LogP) is 6.55. The summed E-state index contributed by atoms with van der Waals surface area (Å²) >= 11 is 0. The first-order valence-electron chi connectivity index (χ1n) is 14.6.